The largest absolute Gasteiger partial charge is 0.478 e. The molecule has 0 amide bonds. The van der Waals surface area contributed by atoms with Crippen LogP contribution in [0.3, 0.4) is 0 Å². The molecule has 1 rings (SSSR count). The molecular weight excluding hydrogens is 367 g/mol. The second-order valence-corrected chi connectivity index (χ2v) is 4.39. The lowest BCUT2D eigenvalue weighted by molar-refractivity contribution is 0.323. The molecule has 0 atom stereocenters. The van der Waals surface area contributed by atoms with Crippen molar-refractivity contribution >= 4 is 29.9 Å². The zero-order chi connectivity index (χ0) is 14.1. The fourth-order valence-electron chi connectivity index (χ4n) is 1.57. The van der Waals surface area contributed by atoms with Gasteiger partial charge in [0.2, 0.25) is 5.88 Å². The number of nitrogens with zero attached hydrogens (tertiary/aromatic N) is 2. The van der Waals surface area contributed by atoms with Gasteiger partial charge in [0.25, 0.3) is 0 Å². The Hall–Kier alpha value is -1.05. The van der Waals surface area contributed by atoms with Gasteiger partial charge in [0.05, 0.1) is 13.2 Å². The Kier molecular flexibility index (Phi) is 10.1. The van der Waals surface area contributed by atoms with Gasteiger partial charge in [-0.3, -0.25) is 0 Å². The summed E-state index contributed by atoms with van der Waals surface area (Å²) in [6.07, 6.45) is 1.73. The first-order valence-corrected chi connectivity index (χ1v) is 6.78. The molecule has 0 radical (unpaired) electrons. The van der Waals surface area contributed by atoms with E-state index in [2.05, 4.69) is 34.5 Å². The van der Waals surface area contributed by atoms with E-state index in [-0.39, 0.29) is 24.0 Å². The van der Waals surface area contributed by atoms with E-state index in [4.69, 9.17) is 4.74 Å². The molecule has 114 valence electrons. The minimum absolute atomic E-state index is 0. The Morgan fingerprint density at radius 3 is 2.75 bits per heavy atom. The number of rotatable bonds is 6. The first-order chi connectivity index (χ1) is 9.17. The van der Waals surface area contributed by atoms with Gasteiger partial charge in [-0.05, 0) is 33.8 Å². The van der Waals surface area contributed by atoms with Gasteiger partial charge >= 0.3 is 0 Å². The smallest absolute Gasteiger partial charge is 0.218 e. The first-order valence-electron chi connectivity index (χ1n) is 6.78. The van der Waals surface area contributed by atoms with E-state index >= 15 is 0 Å². The number of nitrogens with one attached hydrogen (secondary N) is 2. The number of guanidine groups is 1. The molecule has 1 aromatic rings. The van der Waals surface area contributed by atoms with Crippen LogP contribution in [0.15, 0.2) is 23.3 Å². The fourth-order valence-corrected chi connectivity index (χ4v) is 1.57. The Labute approximate surface area is 138 Å². The van der Waals surface area contributed by atoms with Crippen LogP contribution >= 0.6 is 24.0 Å². The molecule has 6 heteroatoms. The molecule has 0 saturated carbocycles. The highest BCUT2D eigenvalue weighted by atomic mass is 127. The normalized spacial score (nSPS) is 10.9. The fraction of sp³-hybridized carbons (Fsp3) is 0.571. The Morgan fingerprint density at radius 1 is 1.40 bits per heavy atom. The SMILES string of the molecule is CCNC(=NCc1cccnc1OCC)NC(C)C.I. The molecule has 1 aromatic heterocycles. The molecule has 0 saturated heterocycles. The van der Waals surface area contributed by atoms with Crippen molar-refractivity contribution in [1.82, 2.24) is 15.6 Å². The van der Waals surface area contributed by atoms with E-state index in [0.717, 1.165) is 18.1 Å². The van der Waals surface area contributed by atoms with Crippen molar-refractivity contribution in [3.8, 4) is 5.88 Å². The van der Waals surface area contributed by atoms with Crippen LogP contribution in [0, 0.1) is 0 Å². The summed E-state index contributed by atoms with van der Waals surface area (Å²) in [4.78, 5) is 8.76. The predicted octanol–water partition coefficient (Wildman–Crippen LogP) is 2.56. The van der Waals surface area contributed by atoms with Crippen LogP contribution in [0.5, 0.6) is 5.88 Å². The van der Waals surface area contributed by atoms with E-state index in [1.165, 1.54) is 0 Å². The second kappa shape index (κ2) is 10.7. The molecular formula is C14H25IN4O. The molecule has 20 heavy (non-hydrogen) atoms. The van der Waals surface area contributed by atoms with Crippen LogP contribution in [0.1, 0.15) is 33.3 Å². The van der Waals surface area contributed by atoms with Gasteiger partial charge in [-0.25, -0.2) is 9.98 Å². The van der Waals surface area contributed by atoms with Crippen LogP contribution in [0.4, 0.5) is 0 Å². The lowest BCUT2D eigenvalue weighted by Crippen LogP contribution is -2.41. The Morgan fingerprint density at radius 2 is 2.15 bits per heavy atom. The van der Waals surface area contributed by atoms with Gasteiger partial charge in [0.15, 0.2) is 5.96 Å². The van der Waals surface area contributed by atoms with E-state index in [1.54, 1.807) is 6.20 Å². The minimum Gasteiger partial charge on any atom is -0.478 e. The van der Waals surface area contributed by atoms with E-state index in [1.807, 2.05) is 26.0 Å². The van der Waals surface area contributed by atoms with Gasteiger partial charge in [-0.2, -0.15) is 0 Å². The van der Waals surface area contributed by atoms with Gasteiger partial charge in [-0.15, -0.1) is 24.0 Å². The summed E-state index contributed by atoms with van der Waals surface area (Å²) in [6, 6.07) is 4.23. The van der Waals surface area contributed by atoms with Crippen LogP contribution in [-0.2, 0) is 6.54 Å². The number of hydrogen-bond acceptors (Lipinski definition) is 3. The quantitative estimate of drug-likeness (QED) is 0.444. The topological polar surface area (TPSA) is 58.5 Å². The third-order valence-electron chi connectivity index (χ3n) is 2.31. The molecule has 0 aliphatic rings. The summed E-state index contributed by atoms with van der Waals surface area (Å²) in [7, 11) is 0. The molecule has 1 heterocycles. The third kappa shape index (κ3) is 6.93. The number of aliphatic imine (C=N–C) groups is 1. The number of aromatic nitrogens is 1. The van der Waals surface area contributed by atoms with E-state index in [0.29, 0.717) is 25.1 Å². The van der Waals surface area contributed by atoms with Gasteiger partial charge in [0.1, 0.15) is 0 Å². The van der Waals surface area contributed by atoms with Crippen molar-refractivity contribution in [3.63, 3.8) is 0 Å². The molecule has 0 aliphatic carbocycles. The highest BCUT2D eigenvalue weighted by molar-refractivity contribution is 14.0. The van der Waals surface area contributed by atoms with E-state index in [9.17, 15) is 0 Å². The number of pyridine rings is 1. The highest BCUT2D eigenvalue weighted by Crippen LogP contribution is 2.15. The van der Waals surface area contributed by atoms with Crippen molar-refractivity contribution in [2.45, 2.75) is 40.3 Å². The standard InChI is InChI=1S/C14H24N4O.HI/c1-5-15-14(18-11(3)4)17-10-12-8-7-9-16-13(12)19-6-2;/h7-9,11H,5-6,10H2,1-4H3,(H2,15,17,18);1H. The van der Waals surface area contributed by atoms with Gasteiger partial charge in [0, 0.05) is 24.3 Å². The monoisotopic (exact) mass is 392 g/mol. The van der Waals surface area contributed by atoms with Gasteiger partial charge < -0.3 is 15.4 Å². The van der Waals surface area contributed by atoms with Crippen LogP contribution in [0.2, 0.25) is 0 Å². The van der Waals surface area contributed by atoms with Crippen molar-refractivity contribution < 1.29 is 4.74 Å². The Balaban J connectivity index is 0.00000361. The summed E-state index contributed by atoms with van der Waals surface area (Å²) < 4.78 is 5.49. The maximum absolute atomic E-state index is 5.49. The average molecular weight is 392 g/mol. The maximum Gasteiger partial charge on any atom is 0.218 e. The zero-order valence-electron chi connectivity index (χ0n) is 12.6. The van der Waals surface area contributed by atoms with Gasteiger partial charge in [-0.1, -0.05) is 6.07 Å². The van der Waals surface area contributed by atoms with Crippen LogP contribution in [-0.4, -0.2) is 30.1 Å². The molecule has 0 aromatic carbocycles. The Bertz CT molecular complexity index is 410. The van der Waals surface area contributed by atoms with Crippen molar-refractivity contribution in [2.24, 2.45) is 4.99 Å². The molecule has 0 unspecified atom stereocenters. The van der Waals surface area contributed by atoms with Crippen LogP contribution < -0.4 is 15.4 Å². The van der Waals surface area contributed by atoms with E-state index < -0.39 is 0 Å². The third-order valence-corrected chi connectivity index (χ3v) is 2.31. The summed E-state index contributed by atoms with van der Waals surface area (Å²) >= 11 is 0. The number of hydrogen-bond donors (Lipinski definition) is 2. The molecule has 0 aliphatic heterocycles. The lowest BCUT2D eigenvalue weighted by atomic mass is 10.3. The average Bonchev–Trinajstić information content (AvgIpc) is 2.37. The molecule has 5 nitrogen and oxygen atoms in total. The molecule has 2 N–H and O–H groups in total. The summed E-state index contributed by atoms with van der Waals surface area (Å²) in [5, 5.41) is 6.49. The summed E-state index contributed by atoms with van der Waals surface area (Å²) in [6.45, 7) is 10.2. The van der Waals surface area contributed by atoms with Crippen molar-refractivity contribution in [1.29, 1.82) is 0 Å². The number of halogens is 1. The maximum atomic E-state index is 5.49. The zero-order valence-corrected chi connectivity index (χ0v) is 15.0. The lowest BCUT2D eigenvalue weighted by Gasteiger charge is -2.14. The summed E-state index contributed by atoms with van der Waals surface area (Å²) in [5.74, 6) is 1.47. The minimum atomic E-state index is 0. The highest BCUT2D eigenvalue weighted by Gasteiger charge is 2.04. The molecule has 0 bridgehead atoms. The molecule has 0 spiro atoms. The van der Waals surface area contributed by atoms with Crippen LogP contribution in [0.25, 0.3) is 0 Å². The second-order valence-electron chi connectivity index (χ2n) is 4.39. The predicted molar refractivity (Wildman–Crippen MR) is 93.9 cm³/mol. The van der Waals surface area contributed by atoms with Crippen molar-refractivity contribution in [2.75, 3.05) is 13.2 Å². The molecule has 0 fully saturated rings. The number of ether oxygens (including phenoxy) is 1. The van der Waals surface area contributed by atoms with Crippen molar-refractivity contribution in [3.05, 3.63) is 23.9 Å². The summed E-state index contributed by atoms with van der Waals surface area (Å²) in [5.41, 5.74) is 0.991. The first kappa shape index (κ1) is 18.9.